The van der Waals surface area contributed by atoms with E-state index in [1.807, 2.05) is 30.0 Å². The van der Waals surface area contributed by atoms with Gasteiger partial charge in [0.15, 0.2) is 0 Å². The summed E-state index contributed by atoms with van der Waals surface area (Å²) >= 11 is 0. The van der Waals surface area contributed by atoms with Crippen molar-refractivity contribution in [2.24, 2.45) is 0 Å². The van der Waals surface area contributed by atoms with Crippen LogP contribution in [-0.4, -0.2) is 30.6 Å². The van der Waals surface area contributed by atoms with Crippen molar-refractivity contribution in [1.29, 1.82) is 0 Å². The first-order valence-corrected chi connectivity index (χ1v) is 9.01. The summed E-state index contributed by atoms with van der Waals surface area (Å²) in [7, 11) is 0. The van der Waals surface area contributed by atoms with Gasteiger partial charge in [0.25, 0.3) is 0 Å². The molecule has 0 saturated carbocycles. The van der Waals surface area contributed by atoms with Gasteiger partial charge in [-0.15, -0.1) is 0 Å². The Labute approximate surface area is 148 Å². The second-order valence-corrected chi connectivity index (χ2v) is 6.59. The average molecular weight is 337 g/mol. The molecule has 0 aliphatic carbocycles. The zero-order chi connectivity index (χ0) is 17.2. The number of carbonyl (C=O) groups is 1. The highest BCUT2D eigenvalue weighted by Crippen LogP contribution is 2.41. The van der Waals surface area contributed by atoms with Crippen LogP contribution in [0.15, 0.2) is 36.4 Å². The van der Waals surface area contributed by atoms with Crippen molar-refractivity contribution in [3.63, 3.8) is 0 Å². The standard InChI is InChI=1S/C21H23NO3/c1-2-22(14-15-6-4-3-5-7-15)20(23)13-18-17-9-11-24-19(17)12-16-8-10-25-21(16)18/h3-7,12H,2,8-11,13-14H2,1H3. The lowest BCUT2D eigenvalue weighted by atomic mass is 9.96. The average Bonchev–Trinajstić information content (AvgIpc) is 3.29. The fraction of sp³-hybridized carbons (Fsp3) is 0.381. The molecule has 0 radical (unpaired) electrons. The van der Waals surface area contributed by atoms with Crippen molar-refractivity contribution in [3.05, 3.63) is 58.7 Å². The summed E-state index contributed by atoms with van der Waals surface area (Å²) in [6.45, 7) is 4.76. The van der Waals surface area contributed by atoms with Gasteiger partial charge in [0.05, 0.1) is 19.6 Å². The van der Waals surface area contributed by atoms with E-state index in [0.717, 1.165) is 41.0 Å². The van der Waals surface area contributed by atoms with Crippen LogP contribution in [0.5, 0.6) is 11.5 Å². The molecule has 2 aliphatic heterocycles. The van der Waals surface area contributed by atoms with Crippen LogP contribution >= 0.6 is 0 Å². The first kappa shape index (κ1) is 16.0. The van der Waals surface area contributed by atoms with Crippen LogP contribution in [0.1, 0.15) is 29.2 Å². The molecule has 0 unspecified atom stereocenters. The summed E-state index contributed by atoms with van der Waals surface area (Å²) < 4.78 is 11.6. The van der Waals surface area contributed by atoms with E-state index in [0.29, 0.717) is 32.7 Å². The smallest absolute Gasteiger partial charge is 0.227 e. The molecular weight excluding hydrogens is 314 g/mol. The monoisotopic (exact) mass is 337 g/mol. The zero-order valence-electron chi connectivity index (χ0n) is 14.6. The summed E-state index contributed by atoms with van der Waals surface area (Å²) in [4.78, 5) is 14.9. The summed E-state index contributed by atoms with van der Waals surface area (Å²) in [5.41, 5.74) is 4.53. The number of carbonyl (C=O) groups excluding carboxylic acids is 1. The highest BCUT2D eigenvalue weighted by atomic mass is 16.5. The third-order valence-corrected chi connectivity index (χ3v) is 5.04. The van der Waals surface area contributed by atoms with Gasteiger partial charge in [0.2, 0.25) is 5.91 Å². The zero-order valence-corrected chi connectivity index (χ0v) is 14.6. The Morgan fingerprint density at radius 1 is 1.12 bits per heavy atom. The molecule has 130 valence electrons. The lowest BCUT2D eigenvalue weighted by Gasteiger charge is -2.22. The fourth-order valence-electron chi connectivity index (χ4n) is 3.72. The van der Waals surface area contributed by atoms with E-state index in [-0.39, 0.29) is 5.91 Å². The van der Waals surface area contributed by atoms with E-state index in [2.05, 4.69) is 18.2 Å². The minimum Gasteiger partial charge on any atom is -0.493 e. The third kappa shape index (κ3) is 3.09. The maximum Gasteiger partial charge on any atom is 0.227 e. The number of likely N-dealkylation sites (N-methyl/N-ethyl adjacent to an activating group) is 1. The Kier molecular flexibility index (Phi) is 4.35. The van der Waals surface area contributed by atoms with Gasteiger partial charge in [-0.3, -0.25) is 4.79 Å². The van der Waals surface area contributed by atoms with E-state index in [9.17, 15) is 4.79 Å². The van der Waals surface area contributed by atoms with Gasteiger partial charge in [-0.25, -0.2) is 0 Å². The van der Waals surface area contributed by atoms with Gasteiger partial charge >= 0.3 is 0 Å². The molecule has 0 aromatic heterocycles. The maximum absolute atomic E-state index is 13.0. The van der Waals surface area contributed by atoms with Crippen molar-refractivity contribution in [2.75, 3.05) is 19.8 Å². The molecule has 2 aromatic carbocycles. The lowest BCUT2D eigenvalue weighted by Crippen LogP contribution is -2.32. The Hall–Kier alpha value is -2.49. The van der Waals surface area contributed by atoms with Gasteiger partial charge < -0.3 is 14.4 Å². The lowest BCUT2D eigenvalue weighted by molar-refractivity contribution is -0.130. The molecule has 0 atom stereocenters. The molecule has 2 aliphatic rings. The van der Waals surface area contributed by atoms with Crippen LogP contribution in [0.4, 0.5) is 0 Å². The fourth-order valence-corrected chi connectivity index (χ4v) is 3.72. The molecule has 2 aromatic rings. The van der Waals surface area contributed by atoms with Crippen LogP contribution in [0.2, 0.25) is 0 Å². The van der Waals surface area contributed by atoms with Crippen LogP contribution in [-0.2, 0) is 30.6 Å². The van der Waals surface area contributed by atoms with Crippen molar-refractivity contribution in [2.45, 2.75) is 32.7 Å². The number of ether oxygens (including phenoxy) is 2. The van der Waals surface area contributed by atoms with Crippen LogP contribution in [0, 0.1) is 0 Å². The number of amides is 1. The first-order chi connectivity index (χ1) is 12.3. The molecule has 0 fully saturated rings. The Balaban J connectivity index is 1.58. The number of rotatable bonds is 5. The third-order valence-electron chi connectivity index (χ3n) is 5.04. The Morgan fingerprint density at radius 3 is 2.72 bits per heavy atom. The van der Waals surface area contributed by atoms with Crippen LogP contribution < -0.4 is 9.47 Å². The number of benzene rings is 2. The number of hydrogen-bond acceptors (Lipinski definition) is 3. The molecule has 4 rings (SSSR count). The second kappa shape index (κ2) is 6.79. The maximum atomic E-state index is 13.0. The second-order valence-electron chi connectivity index (χ2n) is 6.59. The summed E-state index contributed by atoms with van der Waals surface area (Å²) in [6, 6.07) is 12.2. The highest BCUT2D eigenvalue weighted by molar-refractivity contribution is 5.81. The molecule has 25 heavy (non-hydrogen) atoms. The molecule has 0 spiro atoms. The molecule has 2 heterocycles. The van der Waals surface area contributed by atoms with Gasteiger partial charge in [-0.05, 0) is 18.6 Å². The Morgan fingerprint density at radius 2 is 1.92 bits per heavy atom. The summed E-state index contributed by atoms with van der Waals surface area (Å²) in [5.74, 6) is 2.01. The number of fused-ring (bicyclic) bond motifs is 2. The van der Waals surface area contributed by atoms with Crippen molar-refractivity contribution >= 4 is 5.91 Å². The van der Waals surface area contributed by atoms with Gasteiger partial charge in [-0.2, -0.15) is 0 Å². The number of nitrogens with zero attached hydrogens (tertiary/aromatic N) is 1. The molecule has 4 heteroatoms. The molecule has 1 amide bonds. The predicted molar refractivity (Wildman–Crippen MR) is 96.1 cm³/mol. The van der Waals surface area contributed by atoms with E-state index in [1.165, 1.54) is 5.56 Å². The minimum atomic E-state index is 0.143. The molecule has 0 N–H and O–H groups in total. The van der Waals surface area contributed by atoms with Gasteiger partial charge in [0, 0.05) is 42.6 Å². The topological polar surface area (TPSA) is 38.8 Å². The normalized spacial score (nSPS) is 14.4. The van der Waals surface area contributed by atoms with Crippen LogP contribution in [0.25, 0.3) is 0 Å². The molecular formula is C21H23NO3. The van der Waals surface area contributed by atoms with Gasteiger partial charge in [-0.1, -0.05) is 30.3 Å². The quantitative estimate of drug-likeness (QED) is 0.841. The minimum absolute atomic E-state index is 0.143. The van der Waals surface area contributed by atoms with E-state index in [4.69, 9.17) is 9.47 Å². The van der Waals surface area contributed by atoms with Crippen molar-refractivity contribution in [1.82, 2.24) is 4.90 Å². The van der Waals surface area contributed by atoms with E-state index >= 15 is 0 Å². The summed E-state index contributed by atoms with van der Waals surface area (Å²) in [6.07, 6.45) is 2.14. The van der Waals surface area contributed by atoms with Crippen molar-refractivity contribution in [3.8, 4) is 11.5 Å². The highest BCUT2D eigenvalue weighted by Gasteiger charge is 2.28. The van der Waals surface area contributed by atoms with Crippen molar-refractivity contribution < 1.29 is 14.3 Å². The largest absolute Gasteiger partial charge is 0.493 e. The Bertz CT molecular complexity index is 753. The van der Waals surface area contributed by atoms with Crippen LogP contribution in [0.3, 0.4) is 0 Å². The predicted octanol–water partition coefficient (Wildman–Crippen LogP) is 3.15. The first-order valence-electron chi connectivity index (χ1n) is 9.01. The SMILES string of the molecule is CCN(Cc1ccccc1)C(=O)Cc1c2c(cc3c1OCC3)OCC2. The van der Waals surface area contributed by atoms with E-state index in [1.54, 1.807) is 0 Å². The number of hydrogen-bond donors (Lipinski definition) is 0. The van der Waals surface area contributed by atoms with E-state index < -0.39 is 0 Å². The summed E-state index contributed by atoms with van der Waals surface area (Å²) in [5, 5.41) is 0. The molecule has 0 saturated heterocycles. The van der Waals surface area contributed by atoms with Gasteiger partial charge in [0.1, 0.15) is 11.5 Å². The molecule has 4 nitrogen and oxygen atoms in total. The molecule has 0 bridgehead atoms.